The monoisotopic (exact) mass is 225 g/mol. The van der Waals surface area contributed by atoms with E-state index in [0.29, 0.717) is 13.0 Å². The molecule has 1 fully saturated rings. The van der Waals surface area contributed by atoms with Gasteiger partial charge in [0.15, 0.2) is 0 Å². The average Bonchev–Trinajstić information content (AvgIpc) is 2.24. The van der Waals surface area contributed by atoms with Gasteiger partial charge in [0.1, 0.15) is 0 Å². The molecule has 0 radical (unpaired) electrons. The van der Waals surface area contributed by atoms with E-state index in [0.717, 1.165) is 0 Å². The van der Waals surface area contributed by atoms with Crippen molar-refractivity contribution < 1.29 is 17.8 Å². The van der Waals surface area contributed by atoms with Gasteiger partial charge in [-0.3, -0.25) is 9.35 Å². The largest absolute Gasteiger partial charge is 0.340 e. The topological polar surface area (TPSA) is 74.7 Å². The minimum atomic E-state index is -3.97. The van der Waals surface area contributed by atoms with Gasteiger partial charge in [-0.1, -0.05) is 0 Å². The second-order valence-corrected chi connectivity index (χ2v) is 5.29. The molecule has 1 atom stereocenters. The molecule has 1 N–H and O–H groups in total. The van der Waals surface area contributed by atoms with E-state index < -0.39 is 15.9 Å². The number of thiol groups is 1. The number of carbonyl (C=O) groups excluding carboxylic acids is 1. The molecule has 1 amide bonds. The van der Waals surface area contributed by atoms with Crippen LogP contribution >= 0.6 is 12.6 Å². The Hall–Kier alpha value is -0.270. The van der Waals surface area contributed by atoms with Gasteiger partial charge in [0.05, 0.1) is 5.75 Å². The maximum Gasteiger partial charge on any atom is 0.266 e. The van der Waals surface area contributed by atoms with E-state index in [1.807, 2.05) is 0 Å². The van der Waals surface area contributed by atoms with Gasteiger partial charge in [-0.15, -0.1) is 0 Å². The molecule has 0 saturated carbocycles. The van der Waals surface area contributed by atoms with Gasteiger partial charge in [0.2, 0.25) is 5.91 Å². The van der Waals surface area contributed by atoms with E-state index in [1.54, 1.807) is 0 Å². The van der Waals surface area contributed by atoms with Crippen molar-refractivity contribution >= 4 is 28.7 Å². The predicted molar refractivity (Wildman–Crippen MR) is 50.4 cm³/mol. The van der Waals surface area contributed by atoms with Crippen LogP contribution in [0.25, 0.3) is 0 Å². The van der Waals surface area contributed by atoms with Crippen molar-refractivity contribution in [3.63, 3.8) is 0 Å². The summed E-state index contributed by atoms with van der Waals surface area (Å²) in [5.74, 6) is -0.511. The molecule has 5 nitrogen and oxygen atoms in total. The fourth-order valence-electron chi connectivity index (χ4n) is 1.19. The third-order valence-electron chi connectivity index (χ3n) is 1.81. The van der Waals surface area contributed by atoms with Crippen LogP contribution in [0, 0.1) is 0 Å². The van der Waals surface area contributed by atoms with Gasteiger partial charge >= 0.3 is 0 Å². The first-order valence-corrected chi connectivity index (χ1v) is 5.92. The van der Waals surface area contributed by atoms with Crippen LogP contribution in [0.1, 0.15) is 6.42 Å². The molecule has 1 saturated heterocycles. The smallest absolute Gasteiger partial charge is 0.266 e. The Balaban J connectivity index is 2.43. The van der Waals surface area contributed by atoms with Crippen LogP contribution in [0.3, 0.4) is 0 Å². The lowest BCUT2D eigenvalue weighted by molar-refractivity contribution is -0.127. The average molecular weight is 225 g/mol. The van der Waals surface area contributed by atoms with Crippen molar-refractivity contribution in [1.82, 2.24) is 4.90 Å². The van der Waals surface area contributed by atoms with Crippen LogP contribution in [0.15, 0.2) is 0 Å². The zero-order chi connectivity index (χ0) is 10.1. The second-order valence-electron chi connectivity index (χ2n) is 2.98. The summed E-state index contributed by atoms with van der Waals surface area (Å²) in [7, 11) is -3.97. The number of carbonyl (C=O) groups is 1. The molecule has 1 aliphatic heterocycles. The van der Waals surface area contributed by atoms with Gasteiger partial charge in [-0.05, 0) is 0 Å². The Labute approximate surface area is 82.3 Å². The maximum absolute atomic E-state index is 11.1. The molecule has 0 aromatic heterocycles. The summed E-state index contributed by atoms with van der Waals surface area (Å²) in [6.07, 6.45) is 0.342. The van der Waals surface area contributed by atoms with Crippen LogP contribution in [-0.4, -0.2) is 47.9 Å². The van der Waals surface area contributed by atoms with Crippen LogP contribution in [-0.2, 0) is 14.9 Å². The maximum atomic E-state index is 11.1. The zero-order valence-corrected chi connectivity index (χ0v) is 8.59. The molecule has 13 heavy (non-hydrogen) atoms. The van der Waals surface area contributed by atoms with E-state index in [-0.39, 0.29) is 17.7 Å². The van der Waals surface area contributed by atoms with Crippen LogP contribution in [0.4, 0.5) is 0 Å². The molecular formula is C6H11NO4S2. The highest BCUT2D eigenvalue weighted by Gasteiger charge is 2.27. The summed E-state index contributed by atoms with van der Waals surface area (Å²) < 4.78 is 29.2. The molecule has 0 aromatic rings. The number of amides is 1. The summed E-state index contributed by atoms with van der Waals surface area (Å²) in [4.78, 5) is 12.5. The number of likely N-dealkylation sites (tertiary alicyclic amines) is 1. The standard InChI is InChI=1S/C6H11NO4S2/c8-6-3-5(12)4-7(6)1-2-13(9,10)11/h5,12H,1-4H2,(H,9,10,11). The quantitative estimate of drug-likeness (QED) is 0.497. The molecule has 1 unspecified atom stereocenters. The van der Waals surface area contributed by atoms with E-state index in [9.17, 15) is 13.2 Å². The molecule has 7 heteroatoms. The van der Waals surface area contributed by atoms with Gasteiger partial charge < -0.3 is 4.90 Å². The third kappa shape index (κ3) is 3.53. The Morgan fingerprint density at radius 2 is 2.23 bits per heavy atom. The molecule has 1 heterocycles. The molecule has 1 aliphatic rings. The molecule has 0 aliphatic carbocycles. The predicted octanol–water partition coefficient (Wildman–Crippen LogP) is -0.595. The Bertz CT molecular complexity index is 300. The van der Waals surface area contributed by atoms with Crippen molar-refractivity contribution in [2.24, 2.45) is 0 Å². The first kappa shape index (κ1) is 10.8. The molecule has 0 bridgehead atoms. The number of hydrogen-bond acceptors (Lipinski definition) is 4. The molecule has 76 valence electrons. The first-order valence-electron chi connectivity index (χ1n) is 3.79. The van der Waals surface area contributed by atoms with E-state index in [2.05, 4.69) is 12.6 Å². The Kier molecular flexibility index (Phi) is 3.20. The Morgan fingerprint density at radius 1 is 1.62 bits per heavy atom. The van der Waals surface area contributed by atoms with Crippen LogP contribution in [0.5, 0.6) is 0 Å². The van der Waals surface area contributed by atoms with Gasteiger partial charge in [0, 0.05) is 24.8 Å². The minimum absolute atomic E-state index is 0.0195. The van der Waals surface area contributed by atoms with Crippen molar-refractivity contribution in [3.8, 4) is 0 Å². The lowest BCUT2D eigenvalue weighted by atomic mass is 10.4. The van der Waals surface area contributed by atoms with Crippen molar-refractivity contribution in [2.45, 2.75) is 11.7 Å². The minimum Gasteiger partial charge on any atom is -0.340 e. The highest BCUT2D eigenvalue weighted by Crippen LogP contribution is 2.15. The number of hydrogen-bond donors (Lipinski definition) is 2. The molecular weight excluding hydrogens is 214 g/mol. The van der Waals surface area contributed by atoms with E-state index >= 15 is 0 Å². The van der Waals surface area contributed by atoms with E-state index in [1.165, 1.54) is 4.90 Å². The fourth-order valence-corrected chi connectivity index (χ4v) is 2.00. The molecule has 0 spiro atoms. The summed E-state index contributed by atoms with van der Waals surface area (Å²) >= 11 is 4.10. The summed E-state index contributed by atoms with van der Waals surface area (Å²) in [5.41, 5.74) is 0. The Morgan fingerprint density at radius 3 is 2.62 bits per heavy atom. The highest BCUT2D eigenvalue weighted by molar-refractivity contribution is 7.85. The summed E-state index contributed by atoms with van der Waals surface area (Å²) in [6, 6.07) is 0. The van der Waals surface area contributed by atoms with Crippen molar-refractivity contribution in [3.05, 3.63) is 0 Å². The van der Waals surface area contributed by atoms with Crippen LogP contribution in [0.2, 0.25) is 0 Å². The normalized spacial score (nSPS) is 24.0. The van der Waals surface area contributed by atoms with Crippen molar-refractivity contribution in [2.75, 3.05) is 18.8 Å². The molecule has 1 rings (SSSR count). The fraction of sp³-hybridized carbons (Fsp3) is 0.833. The van der Waals surface area contributed by atoms with Gasteiger partial charge in [-0.2, -0.15) is 21.0 Å². The lowest BCUT2D eigenvalue weighted by Crippen LogP contribution is -2.30. The number of rotatable bonds is 3. The first-order chi connectivity index (χ1) is 5.88. The highest BCUT2D eigenvalue weighted by atomic mass is 32.2. The lowest BCUT2D eigenvalue weighted by Gasteiger charge is -2.13. The van der Waals surface area contributed by atoms with Crippen molar-refractivity contribution in [1.29, 1.82) is 0 Å². The zero-order valence-electron chi connectivity index (χ0n) is 6.88. The SMILES string of the molecule is O=C1CC(S)CN1CCS(=O)(=O)O. The summed E-state index contributed by atoms with van der Waals surface area (Å²) in [5, 5.41) is -0.0195. The van der Waals surface area contributed by atoms with Crippen LogP contribution < -0.4 is 0 Å². The summed E-state index contributed by atoms with van der Waals surface area (Å²) in [6.45, 7) is 0.506. The molecule has 0 aromatic carbocycles. The third-order valence-corrected chi connectivity index (χ3v) is 2.86. The van der Waals surface area contributed by atoms with Gasteiger partial charge in [-0.25, -0.2) is 0 Å². The second kappa shape index (κ2) is 3.85. The van der Waals surface area contributed by atoms with E-state index in [4.69, 9.17) is 4.55 Å². The van der Waals surface area contributed by atoms with Gasteiger partial charge in [0.25, 0.3) is 10.1 Å². The number of nitrogens with zero attached hydrogens (tertiary/aromatic N) is 1.